The highest BCUT2D eigenvalue weighted by Crippen LogP contribution is 2.26. The lowest BCUT2D eigenvalue weighted by atomic mass is 10.1. The summed E-state index contributed by atoms with van der Waals surface area (Å²) in [6.45, 7) is 0.521. The van der Waals surface area contributed by atoms with E-state index in [9.17, 15) is 4.79 Å². The van der Waals surface area contributed by atoms with Gasteiger partial charge in [0.15, 0.2) is 5.13 Å². The van der Waals surface area contributed by atoms with Crippen molar-refractivity contribution in [2.45, 2.75) is 12.5 Å². The van der Waals surface area contributed by atoms with E-state index in [0.29, 0.717) is 28.1 Å². The first kappa shape index (κ1) is 15.7. The Morgan fingerprint density at radius 2 is 2.27 bits per heavy atom. The topological polar surface area (TPSA) is 78.1 Å². The van der Waals surface area contributed by atoms with Crippen molar-refractivity contribution in [3.8, 4) is 0 Å². The monoisotopic (exact) mass is 357 g/mol. The summed E-state index contributed by atoms with van der Waals surface area (Å²) in [5.74, 6) is -0.132. The van der Waals surface area contributed by atoms with Crippen molar-refractivity contribution < 1.29 is 4.79 Å². The molecule has 2 aromatic rings. The third-order valence-electron chi connectivity index (χ3n) is 3.10. The number of benzene rings is 1. The van der Waals surface area contributed by atoms with Gasteiger partial charge in [-0.1, -0.05) is 29.3 Å². The maximum absolute atomic E-state index is 11.9. The average molecular weight is 358 g/mol. The minimum absolute atomic E-state index is 0.132. The number of anilines is 1. The van der Waals surface area contributed by atoms with E-state index in [-0.39, 0.29) is 11.9 Å². The van der Waals surface area contributed by atoms with Crippen molar-refractivity contribution >= 4 is 45.6 Å². The lowest BCUT2D eigenvalue weighted by molar-refractivity contribution is -0.117. The van der Waals surface area contributed by atoms with Crippen LogP contribution in [0.5, 0.6) is 0 Å². The van der Waals surface area contributed by atoms with Crippen molar-refractivity contribution in [3.05, 3.63) is 44.9 Å². The number of halogens is 2. The zero-order chi connectivity index (χ0) is 15.5. The highest BCUT2D eigenvalue weighted by Gasteiger charge is 2.22. The molecular formula is C13H13Cl2N5OS. The summed E-state index contributed by atoms with van der Waals surface area (Å²) in [6, 6.07) is 5.21. The van der Waals surface area contributed by atoms with E-state index in [2.05, 4.69) is 26.7 Å². The van der Waals surface area contributed by atoms with Crippen LogP contribution < -0.4 is 21.7 Å². The maximum atomic E-state index is 11.9. The predicted octanol–water partition coefficient (Wildman–Crippen LogP) is 1.96. The van der Waals surface area contributed by atoms with Gasteiger partial charge in [-0.2, -0.15) is 5.53 Å². The summed E-state index contributed by atoms with van der Waals surface area (Å²) >= 11 is 13.3. The van der Waals surface area contributed by atoms with Crippen molar-refractivity contribution in [3.63, 3.8) is 0 Å². The van der Waals surface area contributed by atoms with Gasteiger partial charge in [-0.3, -0.25) is 4.79 Å². The Labute approximate surface area is 141 Å². The number of nitrogens with one attached hydrogen (secondary N) is 4. The lowest BCUT2D eigenvalue weighted by Crippen LogP contribution is -2.40. The second kappa shape index (κ2) is 6.91. The van der Waals surface area contributed by atoms with Crippen LogP contribution in [0.2, 0.25) is 10.0 Å². The molecule has 1 aromatic carbocycles. The van der Waals surface area contributed by atoms with E-state index in [0.717, 1.165) is 10.4 Å². The standard InChI is InChI=1S/C13H13Cl2N5OS/c14-9-2-1-7(4-10(9)15)3-8-5-16-13(22-8)18-12(21)11-6-17-20-19-11/h1-2,4-5,11,17,19-20H,3,6H2,(H,16,18,21). The van der Waals surface area contributed by atoms with Crippen LogP contribution in [0, 0.1) is 0 Å². The fourth-order valence-corrected chi connectivity index (χ4v) is 3.16. The van der Waals surface area contributed by atoms with Crippen LogP contribution >= 0.6 is 34.5 Å². The molecule has 3 rings (SSSR count). The van der Waals surface area contributed by atoms with E-state index in [1.54, 1.807) is 12.3 Å². The molecule has 1 aliphatic heterocycles. The van der Waals surface area contributed by atoms with Gasteiger partial charge in [0.1, 0.15) is 6.04 Å². The molecule has 0 radical (unpaired) electrons. The number of hydrazine groups is 2. The van der Waals surface area contributed by atoms with Gasteiger partial charge in [0, 0.05) is 24.0 Å². The molecule has 1 saturated heterocycles. The number of nitrogens with zero attached hydrogens (tertiary/aromatic N) is 1. The van der Waals surface area contributed by atoms with E-state index < -0.39 is 0 Å². The minimum Gasteiger partial charge on any atom is -0.301 e. The second-order valence-corrected chi connectivity index (χ2v) is 6.68. The molecular weight excluding hydrogens is 345 g/mol. The summed E-state index contributed by atoms with van der Waals surface area (Å²) in [6.07, 6.45) is 2.44. The molecule has 9 heteroatoms. The van der Waals surface area contributed by atoms with Crippen molar-refractivity contribution in [2.24, 2.45) is 0 Å². The number of hydrogen-bond acceptors (Lipinski definition) is 6. The van der Waals surface area contributed by atoms with Crippen LogP contribution in [-0.2, 0) is 11.2 Å². The summed E-state index contributed by atoms with van der Waals surface area (Å²) in [5.41, 5.74) is 9.36. The SMILES string of the molecule is O=C(Nc1ncc(Cc2ccc(Cl)c(Cl)c2)s1)C1CNNN1. The van der Waals surface area contributed by atoms with E-state index >= 15 is 0 Å². The summed E-state index contributed by atoms with van der Waals surface area (Å²) in [5, 5.41) is 4.43. The van der Waals surface area contributed by atoms with Crippen LogP contribution in [0.3, 0.4) is 0 Å². The van der Waals surface area contributed by atoms with E-state index in [1.807, 2.05) is 12.1 Å². The van der Waals surface area contributed by atoms with Gasteiger partial charge in [0.25, 0.3) is 0 Å². The fraction of sp³-hybridized carbons (Fsp3) is 0.231. The molecule has 1 fully saturated rings. The Bertz CT molecular complexity index is 687. The zero-order valence-corrected chi connectivity index (χ0v) is 13.6. The van der Waals surface area contributed by atoms with Gasteiger partial charge in [0.05, 0.1) is 10.0 Å². The van der Waals surface area contributed by atoms with Crippen LogP contribution in [0.4, 0.5) is 5.13 Å². The molecule has 6 nitrogen and oxygen atoms in total. The smallest absolute Gasteiger partial charge is 0.246 e. The average Bonchev–Trinajstić information content (AvgIpc) is 3.15. The van der Waals surface area contributed by atoms with Crippen LogP contribution in [0.1, 0.15) is 10.4 Å². The molecule has 22 heavy (non-hydrogen) atoms. The number of aromatic nitrogens is 1. The Balaban J connectivity index is 1.63. The third-order valence-corrected chi connectivity index (χ3v) is 4.76. The quantitative estimate of drug-likeness (QED) is 0.672. The van der Waals surface area contributed by atoms with Gasteiger partial charge in [-0.15, -0.1) is 11.3 Å². The summed E-state index contributed by atoms with van der Waals surface area (Å²) < 4.78 is 0. The second-order valence-electron chi connectivity index (χ2n) is 4.75. The largest absolute Gasteiger partial charge is 0.301 e. The lowest BCUT2D eigenvalue weighted by Gasteiger charge is -2.06. The fourth-order valence-electron chi connectivity index (χ4n) is 1.99. The first-order valence-electron chi connectivity index (χ1n) is 6.55. The Morgan fingerprint density at radius 3 is 3.00 bits per heavy atom. The Hall–Kier alpha value is -1.22. The van der Waals surface area contributed by atoms with Crippen LogP contribution in [0.15, 0.2) is 24.4 Å². The molecule has 0 saturated carbocycles. The normalized spacial score (nSPS) is 17.6. The predicted molar refractivity (Wildman–Crippen MR) is 88.1 cm³/mol. The van der Waals surface area contributed by atoms with E-state index in [4.69, 9.17) is 23.2 Å². The van der Waals surface area contributed by atoms with Crippen LogP contribution in [-0.4, -0.2) is 23.5 Å². The van der Waals surface area contributed by atoms with Gasteiger partial charge >= 0.3 is 0 Å². The maximum Gasteiger partial charge on any atom is 0.246 e. The number of thiazole rings is 1. The molecule has 0 aliphatic carbocycles. The van der Waals surface area contributed by atoms with Crippen molar-refractivity contribution in [1.29, 1.82) is 0 Å². The van der Waals surface area contributed by atoms with Gasteiger partial charge < -0.3 is 5.32 Å². The van der Waals surface area contributed by atoms with E-state index in [1.165, 1.54) is 11.3 Å². The number of carbonyl (C=O) groups excluding carboxylic acids is 1. The molecule has 1 atom stereocenters. The molecule has 0 spiro atoms. The Kier molecular flexibility index (Phi) is 4.92. The molecule has 1 aliphatic rings. The summed E-state index contributed by atoms with van der Waals surface area (Å²) in [4.78, 5) is 17.2. The first-order chi connectivity index (χ1) is 10.6. The van der Waals surface area contributed by atoms with Gasteiger partial charge in [0.2, 0.25) is 5.91 Å². The number of rotatable bonds is 4. The summed E-state index contributed by atoms with van der Waals surface area (Å²) in [7, 11) is 0. The van der Waals surface area contributed by atoms with Crippen molar-refractivity contribution in [2.75, 3.05) is 11.9 Å². The number of hydrogen-bond donors (Lipinski definition) is 4. The molecule has 1 amide bonds. The van der Waals surface area contributed by atoms with Crippen molar-refractivity contribution in [1.82, 2.24) is 21.4 Å². The molecule has 1 unspecified atom stereocenters. The highest BCUT2D eigenvalue weighted by atomic mass is 35.5. The zero-order valence-electron chi connectivity index (χ0n) is 11.3. The molecule has 116 valence electrons. The van der Waals surface area contributed by atoms with Crippen LogP contribution in [0.25, 0.3) is 0 Å². The number of amides is 1. The highest BCUT2D eigenvalue weighted by molar-refractivity contribution is 7.15. The molecule has 0 bridgehead atoms. The first-order valence-corrected chi connectivity index (χ1v) is 8.12. The minimum atomic E-state index is -0.317. The van der Waals surface area contributed by atoms with Gasteiger partial charge in [-0.05, 0) is 17.7 Å². The third kappa shape index (κ3) is 3.75. The van der Waals surface area contributed by atoms with Gasteiger partial charge in [-0.25, -0.2) is 15.8 Å². The molecule has 2 heterocycles. The Morgan fingerprint density at radius 1 is 1.41 bits per heavy atom. The molecule has 1 aromatic heterocycles. The molecule has 4 N–H and O–H groups in total. The number of carbonyl (C=O) groups is 1.